The van der Waals surface area contributed by atoms with Crippen LogP contribution in [0, 0.1) is 0 Å². The van der Waals surface area contributed by atoms with Gasteiger partial charge in [0.2, 0.25) is 0 Å². The van der Waals surface area contributed by atoms with E-state index in [-0.39, 0.29) is 35.8 Å². The van der Waals surface area contributed by atoms with Crippen LogP contribution >= 0.6 is 24.0 Å². The van der Waals surface area contributed by atoms with E-state index in [1.807, 2.05) is 13.0 Å². The molecule has 0 heterocycles. The van der Waals surface area contributed by atoms with Gasteiger partial charge < -0.3 is 10.6 Å². The van der Waals surface area contributed by atoms with Gasteiger partial charge in [0.15, 0.2) is 15.8 Å². The van der Waals surface area contributed by atoms with Gasteiger partial charge in [0.05, 0.1) is 10.6 Å². The molecule has 0 radical (unpaired) electrons. The second-order valence-corrected chi connectivity index (χ2v) is 7.23. The summed E-state index contributed by atoms with van der Waals surface area (Å²) in [5.74, 6) is 0.714. The summed E-state index contributed by atoms with van der Waals surface area (Å²) in [7, 11) is -1.60. The number of hydrogen-bond donors (Lipinski definition) is 2. The Balaban J connectivity index is 0.00000484. The third-order valence-electron chi connectivity index (χ3n) is 3.40. The Labute approximate surface area is 157 Å². The summed E-state index contributed by atoms with van der Waals surface area (Å²) in [4.78, 5) is 4.51. The SMILES string of the molecule is CCCCNC(=NC)NC(CC)CS(=O)(=O)c1ccccc1.I. The predicted octanol–water partition coefficient (Wildman–Crippen LogP) is 2.82. The second-order valence-electron chi connectivity index (χ2n) is 5.20. The summed E-state index contributed by atoms with van der Waals surface area (Å²) in [6.07, 6.45) is 2.87. The first-order valence-electron chi connectivity index (χ1n) is 7.78. The maximum Gasteiger partial charge on any atom is 0.191 e. The standard InChI is InChI=1S/C16H27N3O2S.HI/c1-4-6-12-18-16(17-3)19-14(5-2)13-22(20,21)15-10-8-7-9-11-15;/h7-11,14H,4-6,12-13H2,1-3H3,(H2,17,18,19);1H. The number of halogens is 1. The van der Waals surface area contributed by atoms with Crippen LogP contribution in [-0.4, -0.2) is 39.8 Å². The summed E-state index contributed by atoms with van der Waals surface area (Å²) in [6, 6.07) is 8.40. The fourth-order valence-corrected chi connectivity index (χ4v) is 3.64. The highest BCUT2D eigenvalue weighted by Crippen LogP contribution is 2.12. The molecule has 1 unspecified atom stereocenters. The quantitative estimate of drug-likeness (QED) is 0.275. The lowest BCUT2D eigenvalue weighted by Crippen LogP contribution is -2.46. The van der Waals surface area contributed by atoms with Crippen molar-refractivity contribution in [3.63, 3.8) is 0 Å². The Morgan fingerprint density at radius 2 is 1.87 bits per heavy atom. The zero-order valence-electron chi connectivity index (χ0n) is 14.1. The molecule has 2 N–H and O–H groups in total. The van der Waals surface area contributed by atoms with Gasteiger partial charge in [-0.15, -0.1) is 24.0 Å². The van der Waals surface area contributed by atoms with Crippen molar-refractivity contribution in [2.45, 2.75) is 44.0 Å². The maximum absolute atomic E-state index is 12.4. The van der Waals surface area contributed by atoms with Gasteiger partial charge in [-0.2, -0.15) is 0 Å². The molecule has 0 fully saturated rings. The smallest absolute Gasteiger partial charge is 0.191 e. The molecule has 23 heavy (non-hydrogen) atoms. The van der Waals surface area contributed by atoms with Crippen LogP contribution in [0.1, 0.15) is 33.1 Å². The molecule has 0 aliphatic carbocycles. The second kappa shape index (κ2) is 11.7. The molecule has 132 valence electrons. The van der Waals surface area contributed by atoms with Crippen molar-refractivity contribution in [2.75, 3.05) is 19.3 Å². The van der Waals surface area contributed by atoms with Crippen LogP contribution in [0.5, 0.6) is 0 Å². The van der Waals surface area contributed by atoms with Crippen molar-refractivity contribution in [3.05, 3.63) is 30.3 Å². The molecule has 1 aromatic rings. The molecular formula is C16H28IN3O2S. The summed E-state index contributed by atoms with van der Waals surface area (Å²) in [6.45, 7) is 4.93. The monoisotopic (exact) mass is 453 g/mol. The Morgan fingerprint density at radius 3 is 2.39 bits per heavy atom. The average Bonchev–Trinajstić information content (AvgIpc) is 2.53. The normalized spacial score (nSPS) is 13.1. The van der Waals surface area contributed by atoms with Crippen LogP contribution < -0.4 is 10.6 Å². The third kappa shape index (κ3) is 8.01. The van der Waals surface area contributed by atoms with Gasteiger partial charge in [0, 0.05) is 19.6 Å². The minimum Gasteiger partial charge on any atom is -0.356 e. The lowest BCUT2D eigenvalue weighted by Gasteiger charge is -2.20. The lowest BCUT2D eigenvalue weighted by atomic mass is 10.2. The number of nitrogens with zero attached hydrogens (tertiary/aromatic N) is 1. The van der Waals surface area contributed by atoms with E-state index >= 15 is 0 Å². The molecule has 0 bridgehead atoms. The molecule has 0 saturated carbocycles. The van der Waals surface area contributed by atoms with Crippen molar-refractivity contribution in [1.29, 1.82) is 0 Å². The third-order valence-corrected chi connectivity index (χ3v) is 5.23. The molecule has 5 nitrogen and oxygen atoms in total. The van der Waals surface area contributed by atoms with Crippen molar-refractivity contribution in [3.8, 4) is 0 Å². The first-order valence-corrected chi connectivity index (χ1v) is 9.43. The molecular weight excluding hydrogens is 425 g/mol. The number of rotatable bonds is 8. The van der Waals surface area contributed by atoms with Crippen LogP contribution in [-0.2, 0) is 9.84 Å². The van der Waals surface area contributed by atoms with Crippen LogP contribution in [0.3, 0.4) is 0 Å². The molecule has 0 amide bonds. The van der Waals surface area contributed by atoms with Crippen LogP contribution in [0.25, 0.3) is 0 Å². The number of nitrogens with one attached hydrogen (secondary N) is 2. The number of benzene rings is 1. The van der Waals surface area contributed by atoms with Gasteiger partial charge in [-0.25, -0.2) is 8.42 Å². The van der Waals surface area contributed by atoms with E-state index in [4.69, 9.17) is 0 Å². The summed E-state index contributed by atoms with van der Waals surface area (Å²) >= 11 is 0. The number of guanidine groups is 1. The van der Waals surface area contributed by atoms with Crippen LogP contribution in [0.4, 0.5) is 0 Å². The lowest BCUT2D eigenvalue weighted by molar-refractivity contribution is 0.568. The van der Waals surface area contributed by atoms with E-state index < -0.39 is 9.84 Å². The van der Waals surface area contributed by atoms with Gasteiger partial charge in [-0.1, -0.05) is 38.5 Å². The number of unbranched alkanes of at least 4 members (excludes halogenated alkanes) is 1. The van der Waals surface area contributed by atoms with Crippen LogP contribution in [0.2, 0.25) is 0 Å². The van der Waals surface area contributed by atoms with E-state index in [2.05, 4.69) is 22.5 Å². The molecule has 0 aliphatic rings. The minimum atomic E-state index is -3.30. The Morgan fingerprint density at radius 1 is 1.22 bits per heavy atom. The summed E-state index contributed by atoms with van der Waals surface area (Å²) < 4.78 is 24.9. The van der Waals surface area contributed by atoms with Crippen molar-refractivity contribution in [1.82, 2.24) is 10.6 Å². The van der Waals surface area contributed by atoms with E-state index in [0.717, 1.165) is 19.4 Å². The average molecular weight is 453 g/mol. The van der Waals surface area contributed by atoms with Gasteiger partial charge in [0.1, 0.15) is 0 Å². The molecule has 7 heteroatoms. The Bertz CT molecular complexity index is 562. The van der Waals surface area contributed by atoms with E-state index in [9.17, 15) is 8.42 Å². The van der Waals surface area contributed by atoms with Crippen LogP contribution in [0.15, 0.2) is 40.2 Å². The van der Waals surface area contributed by atoms with E-state index in [1.54, 1.807) is 31.3 Å². The molecule has 0 aliphatic heterocycles. The highest BCUT2D eigenvalue weighted by molar-refractivity contribution is 14.0. The van der Waals surface area contributed by atoms with E-state index in [1.165, 1.54) is 0 Å². The molecule has 0 spiro atoms. The zero-order chi connectivity index (χ0) is 16.4. The highest BCUT2D eigenvalue weighted by Gasteiger charge is 2.20. The van der Waals surface area contributed by atoms with Gasteiger partial charge in [-0.05, 0) is 25.0 Å². The summed E-state index contributed by atoms with van der Waals surface area (Å²) in [5.41, 5.74) is 0. The first kappa shape index (κ1) is 22.2. The molecule has 0 aromatic heterocycles. The summed E-state index contributed by atoms with van der Waals surface area (Å²) in [5, 5.41) is 6.40. The number of hydrogen-bond acceptors (Lipinski definition) is 3. The maximum atomic E-state index is 12.4. The highest BCUT2D eigenvalue weighted by atomic mass is 127. The van der Waals surface area contributed by atoms with Gasteiger partial charge in [-0.3, -0.25) is 4.99 Å². The zero-order valence-corrected chi connectivity index (χ0v) is 17.2. The fraction of sp³-hybridized carbons (Fsp3) is 0.562. The fourth-order valence-electron chi connectivity index (χ4n) is 2.02. The first-order chi connectivity index (χ1) is 10.5. The molecule has 1 atom stereocenters. The van der Waals surface area contributed by atoms with Crippen molar-refractivity contribution in [2.24, 2.45) is 4.99 Å². The number of aliphatic imine (C=N–C) groups is 1. The molecule has 1 rings (SSSR count). The Hall–Kier alpha value is -0.830. The largest absolute Gasteiger partial charge is 0.356 e. The molecule has 0 saturated heterocycles. The van der Waals surface area contributed by atoms with Gasteiger partial charge in [0.25, 0.3) is 0 Å². The van der Waals surface area contributed by atoms with Crippen molar-refractivity contribution < 1.29 is 8.42 Å². The number of sulfone groups is 1. The molecule has 1 aromatic carbocycles. The minimum absolute atomic E-state index is 0. The van der Waals surface area contributed by atoms with Crippen molar-refractivity contribution >= 4 is 39.8 Å². The predicted molar refractivity (Wildman–Crippen MR) is 107 cm³/mol. The van der Waals surface area contributed by atoms with Gasteiger partial charge >= 0.3 is 0 Å². The Kier molecular flexibility index (Phi) is 11.2. The topological polar surface area (TPSA) is 70.6 Å². The van der Waals surface area contributed by atoms with E-state index in [0.29, 0.717) is 17.3 Å².